The standard InChI is InChI=1S/C17H15F2NO3.C9H13N/c1-10(21)20-16(17(22)23)15(11-2-6-13(18)7-3-11)12-4-8-14(19)9-5-12;1-7-3-5-9(6-4-7)8(2)10/h2-9,15-16H,1H3,(H,20,21)(H,22,23);3-6,8H,10H2,1-2H3/t16-;8-/m10/s1. The molecule has 0 fully saturated rings. The molecule has 2 atom stereocenters. The first-order chi connectivity index (χ1) is 15.6. The molecule has 33 heavy (non-hydrogen) atoms. The lowest BCUT2D eigenvalue weighted by atomic mass is 9.85. The number of benzene rings is 3. The number of nitrogens with one attached hydrogen (secondary N) is 1. The Morgan fingerprint density at radius 1 is 0.818 bits per heavy atom. The average Bonchev–Trinajstić information content (AvgIpc) is 2.76. The first-order valence-electron chi connectivity index (χ1n) is 10.4. The number of carboxylic acids is 1. The quantitative estimate of drug-likeness (QED) is 0.503. The lowest BCUT2D eigenvalue weighted by Crippen LogP contribution is -2.44. The molecule has 174 valence electrons. The number of rotatable bonds is 6. The minimum absolute atomic E-state index is 0.153. The van der Waals surface area contributed by atoms with Crippen LogP contribution in [0.4, 0.5) is 8.78 Å². The van der Waals surface area contributed by atoms with E-state index in [4.69, 9.17) is 5.73 Å². The van der Waals surface area contributed by atoms with E-state index in [2.05, 4.69) is 36.5 Å². The van der Waals surface area contributed by atoms with Gasteiger partial charge in [0.15, 0.2) is 0 Å². The molecule has 7 heteroatoms. The maximum atomic E-state index is 13.1. The molecule has 5 nitrogen and oxygen atoms in total. The van der Waals surface area contributed by atoms with Gasteiger partial charge >= 0.3 is 5.97 Å². The molecule has 4 N–H and O–H groups in total. The van der Waals surface area contributed by atoms with Crippen molar-refractivity contribution in [3.8, 4) is 0 Å². The highest BCUT2D eigenvalue weighted by atomic mass is 19.1. The lowest BCUT2D eigenvalue weighted by molar-refractivity contribution is -0.141. The SMILES string of the molecule is CC(=O)N[C@@H](C(=O)O)C(c1ccc(F)cc1)c1ccc(F)cc1.Cc1ccc([C@H](C)N)cc1. The van der Waals surface area contributed by atoms with Crippen molar-refractivity contribution in [2.45, 2.75) is 38.8 Å². The summed E-state index contributed by atoms with van der Waals surface area (Å²) in [6, 6.07) is 17.8. The summed E-state index contributed by atoms with van der Waals surface area (Å²) in [5.41, 5.74) is 9.14. The first-order valence-corrected chi connectivity index (χ1v) is 10.4. The van der Waals surface area contributed by atoms with Crippen molar-refractivity contribution in [2.75, 3.05) is 0 Å². The van der Waals surface area contributed by atoms with E-state index in [1.807, 2.05) is 6.92 Å². The monoisotopic (exact) mass is 454 g/mol. The second-order valence-corrected chi connectivity index (χ2v) is 7.80. The summed E-state index contributed by atoms with van der Waals surface area (Å²) in [6.45, 7) is 5.28. The third-order valence-corrected chi connectivity index (χ3v) is 5.02. The summed E-state index contributed by atoms with van der Waals surface area (Å²) in [7, 11) is 0. The molecule has 0 spiro atoms. The second-order valence-electron chi connectivity index (χ2n) is 7.80. The van der Waals surface area contributed by atoms with Crippen LogP contribution in [0.3, 0.4) is 0 Å². The van der Waals surface area contributed by atoms with Gasteiger partial charge in [-0.05, 0) is 54.8 Å². The molecule has 0 aromatic heterocycles. The zero-order chi connectivity index (χ0) is 24.5. The van der Waals surface area contributed by atoms with Crippen LogP contribution in [0, 0.1) is 18.6 Å². The molecular formula is C26H28F2N2O3. The third kappa shape index (κ3) is 7.80. The summed E-state index contributed by atoms with van der Waals surface area (Å²) in [5.74, 6) is -3.45. The molecule has 0 aliphatic carbocycles. The van der Waals surface area contributed by atoms with E-state index in [0.29, 0.717) is 11.1 Å². The summed E-state index contributed by atoms with van der Waals surface area (Å²) < 4.78 is 26.3. The van der Waals surface area contributed by atoms with Crippen molar-refractivity contribution < 1.29 is 23.5 Å². The predicted molar refractivity (Wildman–Crippen MR) is 124 cm³/mol. The van der Waals surface area contributed by atoms with Crippen molar-refractivity contribution in [1.29, 1.82) is 0 Å². The molecule has 0 heterocycles. The molecule has 3 rings (SSSR count). The number of amides is 1. The topological polar surface area (TPSA) is 92.4 Å². The van der Waals surface area contributed by atoms with Crippen molar-refractivity contribution in [3.05, 3.63) is 107 Å². The van der Waals surface area contributed by atoms with E-state index in [1.165, 1.54) is 66.6 Å². The van der Waals surface area contributed by atoms with Crippen LogP contribution in [0.5, 0.6) is 0 Å². The number of carbonyl (C=O) groups excluding carboxylic acids is 1. The average molecular weight is 455 g/mol. The molecule has 0 radical (unpaired) electrons. The van der Waals surface area contributed by atoms with Gasteiger partial charge in [0.1, 0.15) is 17.7 Å². The van der Waals surface area contributed by atoms with Gasteiger partial charge in [0, 0.05) is 18.9 Å². The predicted octanol–water partition coefficient (Wildman–Crippen LogP) is 4.70. The Morgan fingerprint density at radius 3 is 1.55 bits per heavy atom. The summed E-state index contributed by atoms with van der Waals surface area (Å²) in [5, 5.41) is 11.8. The number of nitrogens with two attached hydrogens (primary N) is 1. The summed E-state index contributed by atoms with van der Waals surface area (Å²) in [6.07, 6.45) is 0. The molecule has 0 aliphatic rings. The number of hydrogen-bond donors (Lipinski definition) is 3. The zero-order valence-electron chi connectivity index (χ0n) is 18.8. The molecule has 1 amide bonds. The van der Waals surface area contributed by atoms with Crippen molar-refractivity contribution in [3.63, 3.8) is 0 Å². The number of aryl methyl sites for hydroxylation is 1. The largest absolute Gasteiger partial charge is 0.480 e. The summed E-state index contributed by atoms with van der Waals surface area (Å²) in [4.78, 5) is 22.9. The normalized spacial score (nSPS) is 12.3. The van der Waals surface area contributed by atoms with Gasteiger partial charge in [-0.1, -0.05) is 54.1 Å². The number of aliphatic carboxylic acids is 1. The zero-order valence-corrected chi connectivity index (χ0v) is 18.8. The van der Waals surface area contributed by atoms with Crippen LogP contribution >= 0.6 is 0 Å². The van der Waals surface area contributed by atoms with Crippen LogP contribution in [0.25, 0.3) is 0 Å². The molecule has 3 aromatic carbocycles. The Balaban J connectivity index is 0.000000321. The fourth-order valence-electron chi connectivity index (χ4n) is 3.29. The van der Waals surface area contributed by atoms with Gasteiger partial charge in [0.2, 0.25) is 5.91 Å². The van der Waals surface area contributed by atoms with Gasteiger partial charge in [-0.3, -0.25) is 4.79 Å². The van der Waals surface area contributed by atoms with Crippen LogP contribution < -0.4 is 11.1 Å². The van der Waals surface area contributed by atoms with E-state index in [1.54, 1.807) is 0 Å². The fourth-order valence-corrected chi connectivity index (χ4v) is 3.29. The van der Waals surface area contributed by atoms with E-state index in [-0.39, 0.29) is 6.04 Å². The first kappa shape index (κ1) is 25.7. The Kier molecular flexibility index (Phi) is 9.24. The Labute approximate surface area is 192 Å². The number of hydrogen-bond acceptors (Lipinski definition) is 3. The maximum Gasteiger partial charge on any atom is 0.327 e. The van der Waals surface area contributed by atoms with Crippen LogP contribution in [0.15, 0.2) is 72.8 Å². The molecule has 0 bridgehead atoms. The molecular weight excluding hydrogens is 426 g/mol. The van der Waals surface area contributed by atoms with Crippen molar-refractivity contribution >= 4 is 11.9 Å². The van der Waals surface area contributed by atoms with Crippen molar-refractivity contribution in [1.82, 2.24) is 5.32 Å². The van der Waals surface area contributed by atoms with E-state index in [0.717, 1.165) is 0 Å². The Hall–Kier alpha value is -3.58. The van der Waals surface area contributed by atoms with Gasteiger partial charge in [0.25, 0.3) is 0 Å². The highest BCUT2D eigenvalue weighted by Crippen LogP contribution is 2.29. The fraction of sp³-hybridized carbons (Fsp3) is 0.231. The summed E-state index contributed by atoms with van der Waals surface area (Å²) >= 11 is 0. The van der Waals surface area contributed by atoms with E-state index >= 15 is 0 Å². The van der Waals surface area contributed by atoms with Gasteiger partial charge in [-0.25, -0.2) is 13.6 Å². The minimum Gasteiger partial charge on any atom is -0.480 e. The molecule has 0 saturated carbocycles. The number of carboxylic acid groups (broad SMARTS) is 1. The van der Waals surface area contributed by atoms with E-state index in [9.17, 15) is 23.5 Å². The maximum absolute atomic E-state index is 13.1. The molecule has 3 aromatic rings. The second kappa shape index (κ2) is 11.9. The number of carbonyl (C=O) groups is 2. The Morgan fingerprint density at radius 2 is 1.21 bits per heavy atom. The third-order valence-electron chi connectivity index (χ3n) is 5.02. The van der Waals surface area contributed by atoms with E-state index < -0.39 is 35.5 Å². The van der Waals surface area contributed by atoms with Crippen molar-refractivity contribution in [2.24, 2.45) is 5.73 Å². The smallest absolute Gasteiger partial charge is 0.327 e. The number of halogens is 2. The highest BCUT2D eigenvalue weighted by molar-refractivity contribution is 5.83. The highest BCUT2D eigenvalue weighted by Gasteiger charge is 2.31. The van der Waals surface area contributed by atoms with Gasteiger partial charge < -0.3 is 16.2 Å². The van der Waals surface area contributed by atoms with Gasteiger partial charge in [-0.15, -0.1) is 0 Å². The molecule has 0 unspecified atom stereocenters. The van der Waals surface area contributed by atoms with Crippen LogP contribution in [0.2, 0.25) is 0 Å². The van der Waals surface area contributed by atoms with Gasteiger partial charge in [-0.2, -0.15) is 0 Å². The van der Waals surface area contributed by atoms with Crippen LogP contribution in [-0.2, 0) is 9.59 Å². The molecule has 0 aliphatic heterocycles. The van der Waals surface area contributed by atoms with Crippen LogP contribution in [0.1, 0.15) is 48.1 Å². The minimum atomic E-state index is -1.26. The van der Waals surface area contributed by atoms with Crippen LogP contribution in [-0.4, -0.2) is 23.0 Å². The Bertz CT molecular complexity index is 1000. The van der Waals surface area contributed by atoms with Gasteiger partial charge in [0.05, 0.1) is 0 Å². The lowest BCUT2D eigenvalue weighted by Gasteiger charge is -2.25. The molecule has 0 saturated heterocycles.